The molecule has 1 N–H and O–H groups in total. The molecule has 0 fully saturated rings. The fourth-order valence-electron chi connectivity index (χ4n) is 1.05. The van der Waals surface area contributed by atoms with E-state index in [1.165, 1.54) is 19.3 Å². The summed E-state index contributed by atoms with van der Waals surface area (Å²) >= 11 is 5.53. The van der Waals surface area contributed by atoms with Crippen LogP contribution in [0.2, 0.25) is 0 Å². The first kappa shape index (κ1) is 11.8. The van der Waals surface area contributed by atoms with Crippen molar-refractivity contribution in [3.05, 3.63) is 0 Å². The molecule has 1 atom stereocenters. The van der Waals surface area contributed by atoms with Gasteiger partial charge in [0.15, 0.2) is 0 Å². The topological polar surface area (TPSA) is 37.3 Å². The number of carbonyl (C=O) groups is 1. The molecule has 0 radical (unpaired) electrons. The van der Waals surface area contributed by atoms with E-state index in [0.717, 1.165) is 12.8 Å². The van der Waals surface area contributed by atoms with Crippen molar-refractivity contribution in [2.45, 2.75) is 50.8 Å². The fourth-order valence-corrected chi connectivity index (χ4v) is 1.20. The highest BCUT2D eigenvalue weighted by molar-refractivity contribution is 6.29. The van der Waals surface area contributed by atoms with E-state index in [2.05, 4.69) is 6.92 Å². The zero-order valence-corrected chi connectivity index (χ0v) is 8.31. The quantitative estimate of drug-likeness (QED) is 0.497. The summed E-state index contributed by atoms with van der Waals surface area (Å²) < 4.78 is 0. The number of alkyl halides is 1. The third-order valence-corrected chi connectivity index (χ3v) is 2.23. The average Bonchev–Trinajstić information content (AvgIpc) is 2.03. The van der Waals surface area contributed by atoms with Gasteiger partial charge in [-0.2, -0.15) is 0 Å². The van der Waals surface area contributed by atoms with E-state index in [-0.39, 0.29) is 0 Å². The Balaban J connectivity index is 3.14. The number of carboxylic acids is 1. The molecule has 1 unspecified atom stereocenters. The van der Waals surface area contributed by atoms with Crippen LogP contribution in [0.3, 0.4) is 0 Å². The summed E-state index contributed by atoms with van der Waals surface area (Å²) in [6, 6.07) is 0. The molecular weight excluding hydrogens is 176 g/mol. The summed E-state index contributed by atoms with van der Waals surface area (Å²) in [6.07, 6.45) is 6.27. The van der Waals surface area contributed by atoms with Gasteiger partial charge in [0, 0.05) is 0 Å². The first-order valence-electron chi connectivity index (χ1n) is 4.55. The van der Waals surface area contributed by atoms with E-state index in [0.29, 0.717) is 6.42 Å². The normalized spacial score (nSPS) is 12.8. The van der Waals surface area contributed by atoms with Crippen LogP contribution in [0.25, 0.3) is 0 Å². The van der Waals surface area contributed by atoms with Crippen molar-refractivity contribution in [1.82, 2.24) is 0 Å². The highest BCUT2D eigenvalue weighted by Crippen LogP contribution is 2.10. The van der Waals surface area contributed by atoms with E-state index >= 15 is 0 Å². The molecule has 0 aromatic carbocycles. The predicted octanol–water partition coefficient (Wildman–Crippen LogP) is 3.04. The molecule has 2 nitrogen and oxygen atoms in total. The monoisotopic (exact) mass is 192 g/mol. The van der Waals surface area contributed by atoms with Gasteiger partial charge in [-0.25, -0.2) is 0 Å². The molecule has 72 valence electrons. The maximum Gasteiger partial charge on any atom is 0.321 e. The van der Waals surface area contributed by atoms with E-state index in [9.17, 15) is 4.79 Å². The van der Waals surface area contributed by atoms with Crippen molar-refractivity contribution >= 4 is 17.6 Å². The van der Waals surface area contributed by atoms with Gasteiger partial charge >= 0.3 is 5.97 Å². The van der Waals surface area contributed by atoms with Crippen LogP contribution in [0.5, 0.6) is 0 Å². The summed E-state index contributed by atoms with van der Waals surface area (Å²) in [6.45, 7) is 2.15. The van der Waals surface area contributed by atoms with Gasteiger partial charge in [-0.05, 0) is 6.42 Å². The smallest absolute Gasteiger partial charge is 0.321 e. The van der Waals surface area contributed by atoms with Crippen LogP contribution >= 0.6 is 11.6 Å². The molecule has 0 saturated heterocycles. The molecule has 0 heterocycles. The van der Waals surface area contributed by atoms with Crippen molar-refractivity contribution in [2.75, 3.05) is 0 Å². The second kappa shape index (κ2) is 7.41. The molecule has 0 spiro atoms. The third-order valence-electron chi connectivity index (χ3n) is 1.83. The highest BCUT2D eigenvalue weighted by Gasteiger charge is 2.11. The van der Waals surface area contributed by atoms with Crippen LogP contribution in [0.4, 0.5) is 0 Å². The van der Waals surface area contributed by atoms with E-state index < -0.39 is 11.3 Å². The van der Waals surface area contributed by atoms with Gasteiger partial charge in [-0.3, -0.25) is 4.79 Å². The Kier molecular flexibility index (Phi) is 7.26. The van der Waals surface area contributed by atoms with Gasteiger partial charge in [0.25, 0.3) is 0 Å². The molecule has 0 aliphatic carbocycles. The Morgan fingerprint density at radius 2 is 1.92 bits per heavy atom. The molecular formula is C9H17ClO2. The number of hydrogen-bond donors (Lipinski definition) is 1. The van der Waals surface area contributed by atoms with Crippen LogP contribution in [0.1, 0.15) is 45.4 Å². The van der Waals surface area contributed by atoms with Crippen molar-refractivity contribution in [3.63, 3.8) is 0 Å². The van der Waals surface area contributed by atoms with Crippen molar-refractivity contribution in [2.24, 2.45) is 0 Å². The van der Waals surface area contributed by atoms with Crippen molar-refractivity contribution < 1.29 is 9.90 Å². The highest BCUT2D eigenvalue weighted by atomic mass is 35.5. The Hall–Kier alpha value is -0.240. The van der Waals surface area contributed by atoms with Crippen LogP contribution in [-0.4, -0.2) is 16.5 Å². The molecule has 0 aliphatic heterocycles. The summed E-state index contributed by atoms with van der Waals surface area (Å²) in [5, 5.41) is 7.76. The number of rotatable bonds is 7. The third kappa shape index (κ3) is 6.47. The fraction of sp³-hybridized carbons (Fsp3) is 0.889. The maximum absolute atomic E-state index is 10.3. The first-order chi connectivity index (χ1) is 5.68. The predicted molar refractivity (Wildman–Crippen MR) is 50.7 cm³/mol. The Morgan fingerprint density at radius 1 is 1.33 bits per heavy atom. The first-order valence-corrected chi connectivity index (χ1v) is 4.99. The van der Waals surface area contributed by atoms with E-state index in [1.54, 1.807) is 0 Å². The maximum atomic E-state index is 10.3. The van der Waals surface area contributed by atoms with Gasteiger partial charge in [0.1, 0.15) is 5.38 Å². The number of aliphatic carboxylic acids is 1. The van der Waals surface area contributed by atoms with Crippen molar-refractivity contribution in [1.29, 1.82) is 0 Å². The zero-order valence-electron chi connectivity index (χ0n) is 7.55. The lowest BCUT2D eigenvalue weighted by molar-refractivity contribution is -0.136. The number of unbranched alkanes of at least 4 members (excludes halogenated alkanes) is 4. The number of carboxylic acid groups (broad SMARTS) is 1. The average molecular weight is 193 g/mol. The molecule has 3 heteroatoms. The SMILES string of the molecule is CCCCCCCC(Cl)C(=O)O. The summed E-state index contributed by atoms with van der Waals surface area (Å²) in [5.74, 6) is -0.896. The summed E-state index contributed by atoms with van der Waals surface area (Å²) in [7, 11) is 0. The van der Waals surface area contributed by atoms with Gasteiger partial charge in [0.05, 0.1) is 0 Å². The lowest BCUT2D eigenvalue weighted by Gasteiger charge is -2.02. The Morgan fingerprint density at radius 3 is 2.42 bits per heavy atom. The lowest BCUT2D eigenvalue weighted by Crippen LogP contribution is -2.12. The Labute approximate surface area is 78.9 Å². The number of halogens is 1. The molecule has 0 saturated carbocycles. The van der Waals surface area contributed by atoms with Gasteiger partial charge in [-0.15, -0.1) is 11.6 Å². The van der Waals surface area contributed by atoms with Crippen LogP contribution < -0.4 is 0 Å². The molecule has 0 aromatic rings. The minimum absolute atomic E-state index is 0.598. The van der Waals surface area contributed by atoms with Crippen LogP contribution in [0, 0.1) is 0 Å². The minimum Gasteiger partial charge on any atom is -0.480 e. The van der Waals surface area contributed by atoms with Crippen LogP contribution in [-0.2, 0) is 4.79 Å². The Bertz CT molecular complexity index is 126. The van der Waals surface area contributed by atoms with Gasteiger partial charge in [-0.1, -0.05) is 39.0 Å². The molecule has 0 bridgehead atoms. The lowest BCUT2D eigenvalue weighted by atomic mass is 10.1. The minimum atomic E-state index is -0.896. The van der Waals surface area contributed by atoms with E-state index in [1.807, 2.05) is 0 Å². The zero-order chi connectivity index (χ0) is 9.40. The van der Waals surface area contributed by atoms with Crippen molar-refractivity contribution in [3.8, 4) is 0 Å². The molecule has 0 amide bonds. The largest absolute Gasteiger partial charge is 0.480 e. The number of hydrogen-bond acceptors (Lipinski definition) is 1. The van der Waals surface area contributed by atoms with E-state index in [4.69, 9.17) is 16.7 Å². The van der Waals surface area contributed by atoms with Gasteiger partial charge in [0.2, 0.25) is 0 Å². The standard InChI is InChI=1S/C9H17ClO2/c1-2-3-4-5-6-7-8(10)9(11)12/h8H,2-7H2,1H3,(H,11,12). The molecule has 0 rings (SSSR count). The summed E-state index contributed by atoms with van der Waals surface area (Å²) in [4.78, 5) is 10.3. The summed E-state index contributed by atoms with van der Waals surface area (Å²) in [5.41, 5.74) is 0. The molecule has 0 aromatic heterocycles. The van der Waals surface area contributed by atoms with Gasteiger partial charge < -0.3 is 5.11 Å². The van der Waals surface area contributed by atoms with Crippen LogP contribution in [0.15, 0.2) is 0 Å². The second-order valence-electron chi connectivity index (χ2n) is 3.01. The second-order valence-corrected chi connectivity index (χ2v) is 3.54. The molecule has 0 aliphatic rings. The molecule has 12 heavy (non-hydrogen) atoms.